The molecule has 27 heavy (non-hydrogen) atoms. The highest BCUT2D eigenvalue weighted by atomic mass is 16.5. The van der Waals surface area contributed by atoms with Crippen molar-refractivity contribution in [2.24, 2.45) is 4.99 Å². The van der Waals surface area contributed by atoms with Crippen molar-refractivity contribution in [2.45, 2.75) is 0 Å². The summed E-state index contributed by atoms with van der Waals surface area (Å²) in [6, 6.07) is 26.3. The predicted molar refractivity (Wildman–Crippen MR) is 113 cm³/mol. The normalized spacial score (nSPS) is 13.8. The summed E-state index contributed by atoms with van der Waals surface area (Å²) >= 11 is 0. The molecule has 1 aliphatic rings. The first-order valence-corrected chi connectivity index (χ1v) is 9.16. The molecule has 3 aromatic carbocycles. The van der Waals surface area contributed by atoms with Gasteiger partial charge in [-0.2, -0.15) is 0 Å². The van der Waals surface area contributed by atoms with E-state index in [1.165, 1.54) is 11.3 Å². The van der Waals surface area contributed by atoms with E-state index in [-0.39, 0.29) is 0 Å². The molecule has 1 aliphatic heterocycles. The van der Waals surface area contributed by atoms with E-state index in [2.05, 4.69) is 54.4 Å². The number of aliphatic imine (C=N–C) groups is 1. The van der Waals surface area contributed by atoms with Crippen LogP contribution < -0.4 is 9.64 Å². The molecular weight excluding hydrogens is 332 g/mol. The number of ether oxygens (including phenoxy) is 1. The summed E-state index contributed by atoms with van der Waals surface area (Å²) in [4.78, 5) is 7.04. The molecule has 0 unspecified atom stereocenters. The fourth-order valence-corrected chi connectivity index (χ4v) is 3.17. The standard InChI is InChI=1S/C24H22N2O/c1-26-17-16-25-23(22-12-5-6-13-24(22)26)15-14-19-8-7-11-21(18-19)27-20-9-3-2-4-10-20/h2-15,18H,16-17H2,1H3. The van der Waals surface area contributed by atoms with Crippen LogP contribution in [0.3, 0.4) is 0 Å². The number of para-hydroxylation sites is 2. The van der Waals surface area contributed by atoms with Crippen LogP contribution in [-0.2, 0) is 0 Å². The Morgan fingerprint density at radius 3 is 2.52 bits per heavy atom. The number of nitrogens with zero attached hydrogens (tertiary/aromatic N) is 2. The van der Waals surface area contributed by atoms with Crippen molar-refractivity contribution in [3.05, 3.63) is 96.1 Å². The van der Waals surface area contributed by atoms with Gasteiger partial charge in [-0.25, -0.2) is 0 Å². The first-order chi connectivity index (χ1) is 13.3. The number of rotatable bonds is 4. The monoisotopic (exact) mass is 354 g/mol. The Labute approximate surface area is 160 Å². The number of fused-ring (bicyclic) bond motifs is 1. The van der Waals surface area contributed by atoms with E-state index in [1.807, 2.05) is 48.5 Å². The summed E-state index contributed by atoms with van der Waals surface area (Å²) in [7, 11) is 2.12. The van der Waals surface area contributed by atoms with E-state index in [4.69, 9.17) is 9.73 Å². The second-order valence-corrected chi connectivity index (χ2v) is 6.53. The highest BCUT2D eigenvalue weighted by molar-refractivity contribution is 6.14. The number of likely N-dealkylation sites (N-methyl/N-ethyl adjacent to an activating group) is 1. The van der Waals surface area contributed by atoms with Crippen LogP contribution >= 0.6 is 0 Å². The second-order valence-electron chi connectivity index (χ2n) is 6.53. The van der Waals surface area contributed by atoms with Crippen molar-refractivity contribution in [2.75, 3.05) is 25.0 Å². The zero-order chi connectivity index (χ0) is 18.5. The Morgan fingerprint density at radius 2 is 1.63 bits per heavy atom. The zero-order valence-corrected chi connectivity index (χ0v) is 15.4. The van der Waals surface area contributed by atoms with Gasteiger partial charge in [0.2, 0.25) is 0 Å². The third-order valence-electron chi connectivity index (χ3n) is 4.58. The number of anilines is 1. The molecule has 0 radical (unpaired) electrons. The summed E-state index contributed by atoms with van der Waals surface area (Å²) < 4.78 is 5.93. The summed E-state index contributed by atoms with van der Waals surface area (Å²) in [5.41, 5.74) is 4.50. The Hall–Kier alpha value is -3.33. The maximum Gasteiger partial charge on any atom is 0.128 e. The molecule has 0 aliphatic carbocycles. The van der Waals surface area contributed by atoms with E-state index in [0.29, 0.717) is 0 Å². The quantitative estimate of drug-likeness (QED) is 0.624. The minimum Gasteiger partial charge on any atom is -0.457 e. The summed E-state index contributed by atoms with van der Waals surface area (Å²) in [5.74, 6) is 1.66. The molecule has 0 fully saturated rings. The fourth-order valence-electron chi connectivity index (χ4n) is 3.17. The highest BCUT2D eigenvalue weighted by Crippen LogP contribution is 2.24. The number of allylic oxidation sites excluding steroid dienone is 1. The van der Waals surface area contributed by atoms with Gasteiger partial charge in [0.15, 0.2) is 0 Å². The topological polar surface area (TPSA) is 24.8 Å². The molecule has 0 saturated heterocycles. The van der Waals surface area contributed by atoms with Crippen LogP contribution in [0.15, 0.2) is 89.9 Å². The van der Waals surface area contributed by atoms with Crippen molar-refractivity contribution in [3.8, 4) is 11.5 Å². The van der Waals surface area contributed by atoms with Crippen LogP contribution in [-0.4, -0.2) is 25.8 Å². The smallest absolute Gasteiger partial charge is 0.128 e. The lowest BCUT2D eigenvalue weighted by Crippen LogP contribution is -2.20. The summed E-state index contributed by atoms with van der Waals surface area (Å²) in [6.45, 7) is 1.72. The van der Waals surface area contributed by atoms with Gasteiger partial charge >= 0.3 is 0 Å². The van der Waals surface area contributed by atoms with Gasteiger partial charge in [-0.15, -0.1) is 0 Å². The van der Waals surface area contributed by atoms with E-state index < -0.39 is 0 Å². The molecule has 3 aromatic rings. The van der Waals surface area contributed by atoms with Crippen molar-refractivity contribution in [1.82, 2.24) is 0 Å². The molecule has 0 N–H and O–H groups in total. The van der Waals surface area contributed by atoms with Gasteiger partial charge in [0.25, 0.3) is 0 Å². The van der Waals surface area contributed by atoms with E-state index in [1.54, 1.807) is 0 Å². The van der Waals surface area contributed by atoms with Crippen molar-refractivity contribution >= 4 is 17.5 Å². The zero-order valence-electron chi connectivity index (χ0n) is 15.4. The fraction of sp³-hybridized carbons (Fsp3) is 0.125. The molecule has 1 heterocycles. The van der Waals surface area contributed by atoms with Crippen molar-refractivity contribution in [1.29, 1.82) is 0 Å². The Morgan fingerprint density at radius 1 is 0.852 bits per heavy atom. The van der Waals surface area contributed by atoms with Gasteiger partial charge in [-0.05, 0) is 42.0 Å². The minimum absolute atomic E-state index is 0.794. The molecule has 3 heteroatoms. The Balaban J connectivity index is 1.57. The first kappa shape index (κ1) is 17.1. The molecule has 0 saturated carbocycles. The minimum atomic E-state index is 0.794. The maximum absolute atomic E-state index is 5.93. The van der Waals surface area contributed by atoms with Crippen LogP contribution in [0.2, 0.25) is 0 Å². The largest absolute Gasteiger partial charge is 0.457 e. The van der Waals surface area contributed by atoms with E-state index >= 15 is 0 Å². The summed E-state index contributed by atoms with van der Waals surface area (Å²) in [5, 5.41) is 0. The molecule has 134 valence electrons. The van der Waals surface area contributed by atoms with Gasteiger partial charge in [-0.1, -0.05) is 54.6 Å². The van der Waals surface area contributed by atoms with Crippen LogP contribution in [0.1, 0.15) is 11.1 Å². The molecule has 0 spiro atoms. The molecule has 4 rings (SSSR count). The average Bonchev–Trinajstić information content (AvgIpc) is 2.87. The lowest BCUT2D eigenvalue weighted by molar-refractivity contribution is 0.482. The highest BCUT2D eigenvalue weighted by Gasteiger charge is 2.13. The van der Waals surface area contributed by atoms with Crippen molar-refractivity contribution in [3.63, 3.8) is 0 Å². The second kappa shape index (κ2) is 7.92. The van der Waals surface area contributed by atoms with E-state index in [0.717, 1.165) is 35.9 Å². The number of hydrogen-bond donors (Lipinski definition) is 0. The first-order valence-electron chi connectivity index (χ1n) is 9.16. The lowest BCUT2D eigenvalue weighted by atomic mass is 10.1. The van der Waals surface area contributed by atoms with Gasteiger partial charge in [0, 0.05) is 24.8 Å². The molecule has 3 nitrogen and oxygen atoms in total. The van der Waals surface area contributed by atoms with Crippen LogP contribution in [0.4, 0.5) is 5.69 Å². The lowest BCUT2D eigenvalue weighted by Gasteiger charge is -2.18. The molecule has 0 amide bonds. The van der Waals surface area contributed by atoms with Crippen LogP contribution in [0, 0.1) is 0 Å². The predicted octanol–water partition coefficient (Wildman–Crippen LogP) is 5.43. The van der Waals surface area contributed by atoms with Gasteiger partial charge in [-0.3, -0.25) is 4.99 Å². The van der Waals surface area contributed by atoms with Gasteiger partial charge < -0.3 is 9.64 Å². The number of benzodiazepines with no additional fused rings is 1. The third-order valence-corrected chi connectivity index (χ3v) is 4.58. The average molecular weight is 354 g/mol. The van der Waals surface area contributed by atoms with E-state index in [9.17, 15) is 0 Å². The van der Waals surface area contributed by atoms with Crippen molar-refractivity contribution < 1.29 is 4.74 Å². The van der Waals surface area contributed by atoms with Crippen LogP contribution in [0.5, 0.6) is 11.5 Å². The molecule has 0 bridgehead atoms. The SMILES string of the molecule is CN1CCN=C(C=Cc2cccc(Oc3ccccc3)c2)c2ccccc21. The molecular formula is C24H22N2O. The number of benzene rings is 3. The third kappa shape index (κ3) is 4.09. The van der Waals surface area contributed by atoms with Gasteiger partial charge in [0.1, 0.15) is 11.5 Å². The maximum atomic E-state index is 5.93. The Kier molecular flexibility index (Phi) is 5.01. The summed E-state index contributed by atoms with van der Waals surface area (Å²) in [6.07, 6.45) is 4.19. The Bertz CT molecular complexity index is 976. The van der Waals surface area contributed by atoms with Crippen LogP contribution in [0.25, 0.3) is 6.08 Å². The van der Waals surface area contributed by atoms with Gasteiger partial charge in [0.05, 0.1) is 12.3 Å². The molecule has 0 atom stereocenters. The number of hydrogen-bond acceptors (Lipinski definition) is 3. The molecule has 0 aromatic heterocycles.